The van der Waals surface area contributed by atoms with E-state index >= 15 is 0 Å². The van der Waals surface area contributed by atoms with Crippen LogP contribution in [0.1, 0.15) is 44.5 Å². The number of nitrogens with zero attached hydrogens (tertiary/aromatic N) is 4. The first-order valence-corrected chi connectivity index (χ1v) is 9.09. The largest absolute Gasteiger partial charge is 0.492 e. The SMILES string of the molecule is CCc1cccc(OCCN2CCC(O)(c3cn(C(C)C)nn3)C2)c1. The second kappa shape index (κ2) is 7.54. The molecule has 1 saturated heterocycles. The van der Waals surface area contributed by atoms with Crippen molar-refractivity contribution in [2.75, 3.05) is 26.2 Å². The Morgan fingerprint density at radius 2 is 2.20 bits per heavy atom. The number of aliphatic hydroxyl groups is 1. The Labute approximate surface area is 149 Å². The first kappa shape index (κ1) is 17.9. The molecule has 6 nitrogen and oxygen atoms in total. The summed E-state index contributed by atoms with van der Waals surface area (Å²) in [6.45, 7) is 9.05. The number of hydrogen-bond acceptors (Lipinski definition) is 5. The summed E-state index contributed by atoms with van der Waals surface area (Å²) in [6.07, 6.45) is 3.55. The number of ether oxygens (including phenoxy) is 1. The van der Waals surface area contributed by atoms with Crippen molar-refractivity contribution >= 4 is 0 Å². The lowest BCUT2D eigenvalue weighted by atomic mass is 10.00. The van der Waals surface area contributed by atoms with Gasteiger partial charge in [0.05, 0.1) is 6.20 Å². The molecular weight excluding hydrogens is 316 g/mol. The van der Waals surface area contributed by atoms with Gasteiger partial charge in [-0.15, -0.1) is 5.10 Å². The Hall–Kier alpha value is -1.92. The van der Waals surface area contributed by atoms with Crippen LogP contribution in [0.3, 0.4) is 0 Å². The summed E-state index contributed by atoms with van der Waals surface area (Å²) in [7, 11) is 0. The van der Waals surface area contributed by atoms with Gasteiger partial charge in [0, 0.05) is 25.7 Å². The van der Waals surface area contributed by atoms with Gasteiger partial charge in [0.25, 0.3) is 0 Å². The van der Waals surface area contributed by atoms with E-state index in [2.05, 4.69) is 34.3 Å². The summed E-state index contributed by atoms with van der Waals surface area (Å²) in [4.78, 5) is 2.22. The summed E-state index contributed by atoms with van der Waals surface area (Å²) < 4.78 is 7.66. The molecule has 2 aromatic rings. The highest BCUT2D eigenvalue weighted by Crippen LogP contribution is 2.30. The molecule has 1 aliphatic rings. The van der Waals surface area contributed by atoms with E-state index in [1.807, 2.05) is 32.2 Å². The van der Waals surface area contributed by atoms with Crippen molar-refractivity contribution in [3.63, 3.8) is 0 Å². The quantitative estimate of drug-likeness (QED) is 0.835. The smallest absolute Gasteiger partial charge is 0.124 e. The van der Waals surface area contributed by atoms with Crippen LogP contribution in [0.4, 0.5) is 0 Å². The van der Waals surface area contributed by atoms with E-state index < -0.39 is 5.60 Å². The molecule has 1 fully saturated rings. The minimum Gasteiger partial charge on any atom is -0.492 e. The van der Waals surface area contributed by atoms with Crippen LogP contribution in [0.25, 0.3) is 0 Å². The zero-order valence-electron chi connectivity index (χ0n) is 15.4. The number of likely N-dealkylation sites (tertiary alicyclic amines) is 1. The molecule has 136 valence electrons. The van der Waals surface area contributed by atoms with Gasteiger partial charge in [-0.25, -0.2) is 4.68 Å². The fourth-order valence-corrected chi connectivity index (χ4v) is 3.16. The summed E-state index contributed by atoms with van der Waals surface area (Å²) in [5, 5.41) is 19.2. The monoisotopic (exact) mass is 344 g/mol. The lowest BCUT2D eigenvalue weighted by molar-refractivity contribution is 0.0403. The van der Waals surface area contributed by atoms with E-state index in [0.29, 0.717) is 25.3 Å². The molecule has 0 aliphatic carbocycles. The number of hydrogen-bond donors (Lipinski definition) is 1. The number of aromatic nitrogens is 3. The van der Waals surface area contributed by atoms with Crippen LogP contribution in [0.15, 0.2) is 30.5 Å². The molecule has 0 spiro atoms. The highest BCUT2D eigenvalue weighted by Gasteiger charge is 2.40. The Morgan fingerprint density at radius 1 is 1.36 bits per heavy atom. The molecule has 1 unspecified atom stereocenters. The molecule has 0 bridgehead atoms. The number of aryl methyl sites for hydroxylation is 1. The van der Waals surface area contributed by atoms with E-state index in [0.717, 1.165) is 25.3 Å². The summed E-state index contributed by atoms with van der Waals surface area (Å²) in [5.41, 5.74) is 1.04. The van der Waals surface area contributed by atoms with Crippen molar-refractivity contribution in [2.24, 2.45) is 0 Å². The van der Waals surface area contributed by atoms with E-state index in [1.165, 1.54) is 5.56 Å². The van der Waals surface area contributed by atoms with E-state index in [-0.39, 0.29) is 6.04 Å². The normalized spacial score (nSPS) is 21.2. The maximum Gasteiger partial charge on any atom is 0.124 e. The minimum atomic E-state index is -0.907. The summed E-state index contributed by atoms with van der Waals surface area (Å²) in [5.74, 6) is 0.911. The van der Waals surface area contributed by atoms with E-state index in [1.54, 1.807) is 4.68 Å². The highest BCUT2D eigenvalue weighted by molar-refractivity contribution is 5.28. The van der Waals surface area contributed by atoms with Crippen LogP contribution in [-0.2, 0) is 12.0 Å². The number of β-amino-alcohol motifs (C(OH)–C–C–N with tert-alkyl or cyclic N) is 1. The standard InChI is InChI=1S/C19H28N4O2/c1-4-16-6-5-7-17(12-16)25-11-10-22-9-8-19(24,14-22)18-13-23(15(2)3)21-20-18/h5-7,12-13,15,24H,4,8-11,14H2,1-3H3. The lowest BCUT2D eigenvalue weighted by Crippen LogP contribution is -2.33. The van der Waals surface area contributed by atoms with Gasteiger partial charge in [0.2, 0.25) is 0 Å². The van der Waals surface area contributed by atoms with E-state index in [9.17, 15) is 5.11 Å². The minimum absolute atomic E-state index is 0.245. The van der Waals surface area contributed by atoms with Gasteiger partial charge in [-0.1, -0.05) is 24.3 Å². The molecule has 0 saturated carbocycles. The van der Waals surface area contributed by atoms with Crippen molar-refractivity contribution in [3.8, 4) is 5.75 Å². The maximum absolute atomic E-state index is 10.9. The third-order valence-electron chi connectivity index (χ3n) is 4.83. The summed E-state index contributed by atoms with van der Waals surface area (Å²) in [6, 6.07) is 8.46. The third kappa shape index (κ3) is 4.19. The fraction of sp³-hybridized carbons (Fsp3) is 0.579. The molecule has 1 aliphatic heterocycles. The van der Waals surface area contributed by atoms with Crippen LogP contribution in [0.5, 0.6) is 5.75 Å². The molecule has 1 atom stereocenters. The first-order valence-electron chi connectivity index (χ1n) is 9.09. The van der Waals surface area contributed by atoms with Gasteiger partial charge in [-0.05, 0) is 44.4 Å². The summed E-state index contributed by atoms with van der Waals surface area (Å²) >= 11 is 0. The van der Waals surface area contributed by atoms with Crippen molar-refractivity contribution in [1.29, 1.82) is 0 Å². The fourth-order valence-electron chi connectivity index (χ4n) is 3.16. The Kier molecular flexibility index (Phi) is 5.39. The van der Waals surface area contributed by atoms with Gasteiger partial charge in [0.1, 0.15) is 23.7 Å². The number of rotatable bonds is 7. The molecule has 3 rings (SSSR count). The Balaban J connectivity index is 1.52. The molecule has 6 heteroatoms. The molecule has 25 heavy (non-hydrogen) atoms. The average molecular weight is 344 g/mol. The van der Waals surface area contributed by atoms with Crippen molar-refractivity contribution in [3.05, 3.63) is 41.7 Å². The van der Waals surface area contributed by atoms with Crippen molar-refractivity contribution < 1.29 is 9.84 Å². The predicted molar refractivity (Wildman–Crippen MR) is 96.7 cm³/mol. The zero-order valence-corrected chi connectivity index (χ0v) is 15.4. The van der Waals surface area contributed by atoms with E-state index in [4.69, 9.17) is 4.74 Å². The molecule has 0 amide bonds. The molecule has 1 N–H and O–H groups in total. The van der Waals surface area contributed by atoms with Crippen LogP contribution >= 0.6 is 0 Å². The zero-order chi connectivity index (χ0) is 17.9. The Bertz CT molecular complexity index is 700. The van der Waals surface area contributed by atoms with Gasteiger partial charge < -0.3 is 9.84 Å². The Morgan fingerprint density at radius 3 is 2.92 bits per heavy atom. The molecule has 0 radical (unpaired) electrons. The highest BCUT2D eigenvalue weighted by atomic mass is 16.5. The van der Waals surface area contributed by atoms with Gasteiger partial charge >= 0.3 is 0 Å². The second-order valence-electron chi connectivity index (χ2n) is 7.08. The van der Waals surface area contributed by atoms with Crippen molar-refractivity contribution in [1.82, 2.24) is 19.9 Å². The lowest BCUT2D eigenvalue weighted by Gasteiger charge is -2.21. The molecule has 1 aromatic carbocycles. The first-order chi connectivity index (χ1) is 12.0. The molecular formula is C19H28N4O2. The predicted octanol–water partition coefficient (Wildman–Crippen LogP) is 2.39. The van der Waals surface area contributed by atoms with Crippen LogP contribution < -0.4 is 4.74 Å². The molecule has 1 aromatic heterocycles. The van der Waals surface area contributed by atoms with Crippen LogP contribution in [0.2, 0.25) is 0 Å². The van der Waals surface area contributed by atoms with Crippen LogP contribution in [0, 0.1) is 0 Å². The third-order valence-corrected chi connectivity index (χ3v) is 4.83. The van der Waals surface area contributed by atoms with Crippen LogP contribution in [-0.4, -0.2) is 51.2 Å². The average Bonchev–Trinajstić information content (AvgIpc) is 3.23. The van der Waals surface area contributed by atoms with Crippen molar-refractivity contribution in [2.45, 2.75) is 45.3 Å². The van der Waals surface area contributed by atoms with Gasteiger partial charge in [-0.2, -0.15) is 0 Å². The maximum atomic E-state index is 10.9. The van der Waals surface area contributed by atoms with Gasteiger partial charge in [0.15, 0.2) is 0 Å². The van der Waals surface area contributed by atoms with Gasteiger partial charge in [-0.3, -0.25) is 4.90 Å². The second-order valence-corrected chi connectivity index (χ2v) is 7.08. The molecule has 2 heterocycles. The topological polar surface area (TPSA) is 63.4 Å². The number of benzene rings is 1.